The van der Waals surface area contributed by atoms with Gasteiger partial charge < -0.3 is 5.73 Å². The van der Waals surface area contributed by atoms with Gasteiger partial charge in [-0.25, -0.2) is 0 Å². The molecule has 66 valence electrons. The first-order valence-electron chi connectivity index (χ1n) is 2.31. The summed E-state index contributed by atoms with van der Waals surface area (Å²) in [4.78, 5) is 0. The molecule has 0 aliphatic heterocycles. The number of halogens is 4. The standard InChI is InChI=1S/C6H6BrN.3FH/c7-5-3-1-2-4-6(5)8;;;/h1-4H,8H2;3*1H. The first-order chi connectivity index (χ1) is 3.80. The zero-order valence-corrected chi connectivity index (χ0v) is 7.08. The van der Waals surface area contributed by atoms with Gasteiger partial charge in [-0.15, -0.1) is 0 Å². The largest absolute Gasteiger partial charge is 0.398 e. The van der Waals surface area contributed by atoms with E-state index in [0.29, 0.717) is 0 Å². The summed E-state index contributed by atoms with van der Waals surface area (Å²) in [5.41, 5.74) is 6.26. The van der Waals surface area contributed by atoms with Gasteiger partial charge in [0.25, 0.3) is 0 Å². The van der Waals surface area contributed by atoms with Crippen LogP contribution in [0.4, 0.5) is 19.8 Å². The van der Waals surface area contributed by atoms with Crippen LogP contribution in [0.15, 0.2) is 28.7 Å². The highest BCUT2D eigenvalue weighted by Gasteiger charge is 1.86. The van der Waals surface area contributed by atoms with E-state index in [2.05, 4.69) is 15.9 Å². The quantitative estimate of drug-likeness (QED) is 0.683. The molecule has 1 aromatic carbocycles. The topological polar surface area (TPSA) is 26.0 Å². The van der Waals surface area contributed by atoms with Crippen LogP contribution in [0.3, 0.4) is 0 Å². The minimum absolute atomic E-state index is 0. The third-order valence-electron chi connectivity index (χ3n) is 0.905. The molecule has 0 aromatic heterocycles. The molecule has 0 aliphatic rings. The number of hydrogen-bond acceptors (Lipinski definition) is 1. The van der Waals surface area contributed by atoms with Crippen molar-refractivity contribution in [2.45, 2.75) is 0 Å². The van der Waals surface area contributed by atoms with E-state index in [1.54, 1.807) is 0 Å². The molecule has 0 spiro atoms. The lowest BCUT2D eigenvalue weighted by Gasteiger charge is -1.91. The number of anilines is 1. The monoisotopic (exact) mass is 231 g/mol. The number of nitrogens with two attached hydrogens (primary N) is 1. The first-order valence-corrected chi connectivity index (χ1v) is 3.10. The molecule has 2 N–H and O–H groups in total. The Morgan fingerprint density at radius 2 is 1.45 bits per heavy atom. The molecular formula is C6H9BrF3N. The zero-order chi connectivity index (χ0) is 5.98. The van der Waals surface area contributed by atoms with Crippen LogP contribution in [-0.4, -0.2) is 0 Å². The van der Waals surface area contributed by atoms with Crippen molar-refractivity contribution in [3.63, 3.8) is 0 Å². The summed E-state index contributed by atoms with van der Waals surface area (Å²) >= 11 is 3.27. The minimum atomic E-state index is 0. The average Bonchev–Trinajstić information content (AvgIpc) is 1.77. The predicted octanol–water partition coefficient (Wildman–Crippen LogP) is 2.49. The lowest BCUT2D eigenvalue weighted by molar-refractivity contribution is 1.11. The van der Waals surface area contributed by atoms with Gasteiger partial charge in [0.15, 0.2) is 0 Å². The van der Waals surface area contributed by atoms with Gasteiger partial charge in [-0.3, -0.25) is 14.1 Å². The van der Waals surface area contributed by atoms with Crippen LogP contribution in [-0.2, 0) is 0 Å². The maximum atomic E-state index is 5.47. The fourth-order valence-corrected chi connectivity index (χ4v) is 0.760. The molecule has 1 rings (SSSR count). The van der Waals surface area contributed by atoms with E-state index in [0.717, 1.165) is 10.2 Å². The summed E-state index contributed by atoms with van der Waals surface area (Å²) in [6, 6.07) is 7.60. The van der Waals surface area contributed by atoms with Gasteiger partial charge in [-0.2, -0.15) is 0 Å². The third-order valence-corrected chi connectivity index (χ3v) is 1.63. The zero-order valence-electron chi connectivity index (χ0n) is 5.49. The Morgan fingerprint density at radius 1 is 1.00 bits per heavy atom. The highest BCUT2D eigenvalue weighted by molar-refractivity contribution is 9.10. The van der Waals surface area contributed by atoms with Crippen molar-refractivity contribution in [1.29, 1.82) is 0 Å². The number of para-hydroxylation sites is 1. The fraction of sp³-hybridized carbons (Fsp3) is 0. The van der Waals surface area contributed by atoms with E-state index in [1.807, 2.05) is 24.3 Å². The number of benzene rings is 1. The Bertz CT molecular complexity index is 174. The Kier molecular flexibility index (Phi) is 11.2. The summed E-state index contributed by atoms with van der Waals surface area (Å²) in [5.74, 6) is 0. The number of rotatable bonds is 0. The average molecular weight is 232 g/mol. The molecule has 0 bridgehead atoms. The van der Waals surface area contributed by atoms with Crippen molar-refractivity contribution >= 4 is 21.6 Å². The highest BCUT2D eigenvalue weighted by atomic mass is 79.9. The summed E-state index contributed by atoms with van der Waals surface area (Å²) in [7, 11) is 0. The molecular weight excluding hydrogens is 223 g/mol. The molecule has 0 amide bonds. The summed E-state index contributed by atoms with van der Waals surface area (Å²) in [6.45, 7) is 0. The van der Waals surface area contributed by atoms with Gasteiger partial charge in [-0.1, -0.05) is 12.1 Å². The van der Waals surface area contributed by atoms with Crippen LogP contribution in [0.1, 0.15) is 0 Å². The molecule has 0 heterocycles. The highest BCUT2D eigenvalue weighted by Crippen LogP contribution is 2.16. The molecule has 0 saturated heterocycles. The first kappa shape index (κ1) is 16.7. The molecule has 1 nitrogen and oxygen atoms in total. The Labute approximate surface area is 70.8 Å². The molecule has 0 aliphatic carbocycles. The lowest BCUT2D eigenvalue weighted by Crippen LogP contribution is -1.82. The second-order valence-electron chi connectivity index (χ2n) is 1.52. The minimum Gasteiger partial charge on any atom is -0.398 e. The van der Waals surface area contributed by atoms with Gasteiger partial charge in [0.05, 0.1) is 0 Å². The van der Waals surface area contributed by atoms with Gasteiger partial charge in [-0.05, 0) is 28.1 Å². The fourth-order valence-electron chi connectivity index (χ4n) is 0.475. The normalized spacial score (nSPS) is 6.64. The van der Waals surface area contributed by atoms with Crippen molar-refractivity contribution in [2.24, 2.45) is 0 Å². The Hall–Kier alpha value is -0.710. The molecule has 0 fully saturated rings. The van der Waals surface area contributed by atoms with E-state index in [4.69, 9.17) is 5.73 Å². The second kappa shape index (κ2) is 7.40. The van der Waals surface area contributed by atoms with E-state index in [1.165, 1.54) is 0 Å². The van der Waals surface area contributed by atoms with Crippen molar-refractivity contribution in [3.8, 4) is 0 Å². The van der Waals surface area contributed by atoms with Gasteiger partial charge in [0, 0.05) is 10.2 Å². The number of hydrogen-bond donors (Lipinski definition) is 1. The smallest absolute Gasteiger partial charge is 0.0458 e. The van der Waals surface area contributed by atoms with Crippen molar-refractivity contribution < 1.29 is 14.1 Å². The SMILES string of the molecule is F.F.F.Nc1ccccc1Br. The van der Waals surface area contributed by atoms with Crippen molar-refractivity contribution in [2.75, 3.05) is 5.73 Å². The van der Waals surface area contributed by atoms with Crippen LogP contribution < -0.4 is 5.73 Å². The third kappa shape index (κ3) is 4.66. The van der Waals surface area contributed by atoms with Crippen LogP contribution in [0.25, 0.3) is 0 Å². The van der Waals surface area contributed by atoms with Gasteiger partial charge in [0.2, 0.25) is 0 Å². The Morgan fingerprint density at radius 3 is 1.73 bits per heavy atom. The van der Waals surface area contributed by atoms with Crippen molar-refractivity contribution in [1.82, 2.24) is 0 Å². The van der Waals surface area contributed by atoms with Gasteiger partial charge >= 0.3 is 0 Å². The summed E-state index contributed by atoms with van der Waals surface area (Å²) in [5, 5.41) is 0. The molecule has 0 atom stereocenters. The molecule has 0 unspecified atom stereocenters. The van der Waals surface area contributed by atoms with Crippen LogP contribution in [0.5, 0.6) is 0 Å². The van der Waals surface area contributed by atoms with E-state index in [9.17, 15) is 0 Å². The summed E-state index contributed by atoms with van der Waals surface area (Å²) < 4.78 is 0.958. The predicted molar refractivity (Wildman–Crippen MR) is 46.1 cm³/mol. The molecule has 11 heavy (non-hydrogen) atoms. The maximum Gasteiger partial charge on any atom is 0.0458 e. The maximum absolute atomic E-state index is 5.47. The van der Waals surface area contributed by atoms with Crippen LogP contribution in [0, 0.1) is 0 Å². The lowest BCUT2D eigenvalue weighted by atomic mass is 10.3. The molecule has 5 heteroatoms. The van der Waals surface area contributed by atoms with E-state index >= 15 is 0 Å². The van der Waals surface area contributed by atoms with E-state index in [-0.39, 0.29) is 14.1 Å². The van der Waals surface area contributed by atoms with Crippen LogP contribution >= 0.6 is 15.9 Å². The van der Waals surface area contributed by atoms with Crippen molar-refractivity contribution in [3.05, 3.63) is 28.7 Å². The van der Waals surface area contributed by atoms with E-state index < -0.39 is 0 Å². The van der Waals surface area contributed by atoms with Crippen LogP contribution in [0.2, 0.25) is 0 Å². The molecule has 0 radical (unpaired) electrons. The Balaban J connectivity index is -0.000000213. The molecule has 1 aromatic rings. The number of nitrogen functional groups attached to an aromatic ring is 1. The second-order valence-corrected chi connectivity index (χ2v) is 2.38. The molecule has 0 saturated carbocycles. The summed E-state index contributed by atoms with van der Waals surface area (Å²) in [6.07, 6.45) is 0. The van der Waals surface area contributed by atoms with Gasteiger partial charge in [0.1, 0.15) is 0 Å².